The molecule has 2 amide bonds. The van der Waals surface area contributed by atoms with Crippen LogP contribution in [0.1, 0.15) is 27.5 Å². The zero-order valence-corrected chi connectivity index (χ0v) is 16.2. The number of rotatable bonds is 2. The van der Waals surface area contributed by atoms with Crippen molar-refractivity contribution < 1.29 is 14.7 Å². The smallest absolute Gasteiger partial charge is 0.270 e. The van der Waals surface area contributed by atoms with Gasteiger partial charge in [0, 0.05) is 19.2 Å². The molecule has 0 radical (unpaired) electrons. The zero-order valence-electron chi connectivity index (χ0n) is 15.4. The van der Waals surface area contributed by atoms with Crippen molar-refractivity contribution in [2.45, 2.75) is 19.4 Å². The third-order valence-electron chi connectivity index (χ3n) is 4.22. The Morgan fingerprint density at radius 2 is 2.21 bits per heavy atom. The molecule has 0 spiro atoms. The van der Waals surface area contributed by atoms with Gasteiger partial charge in [0.1, 0.15) is 10.8 Å². The maximum Gasteiger partial charge on any atom is 0.270 e. The van der Waals surface area contributed by atoms with E-state index in [-0.39, 0.29) is 11.6 Å². The summed E-state index contributed by atoms with van der Waals surface area (Å²) in [5, 5.41) is 13.9. The second kappa shape index (κ2) is 7.80. The molecule has 1 aliphatic rings. The SMILES string of the molecule is C#Cc1cccc(-n2nc(C(N)=O)c3sc(C)nc32)c1.CN1CC[C@H](O)C1=O. The van der Waals surface area contributed by atoms with Gasteiger partial charge in [-0.2, -0.15) is 5.10 Å². The second-order valence-electron chi connectivity index (χ2n) is 6.27. The molecule has 1 aromatic carbocycles. The summed E-state index contributed by atoms with van der Waals surface area (Å²) in [7, 11) is 1.69. The van der Waals surface area contributed by atoms with Gasteiger partial charge in [0.05, 0.1) is 10.7 Å². The van der Waals surface area contributed by atoms with Crippen LogP contribution in [0.25, 0.3) is 16.0 Å². The molecule has 3 heterocycles. The van der Waals surface area contributed by atoms with Gasteiger partial charge in [-0.3, -0.25) is 9.59 Å². The topological polar surface area (TPSA) is 114 Å². The van der Waals surface area contributed by atoms with Crippen LogP contribution in [0, 0.1) is 19.3 Å². The summed E-state index contributed by atoms with van der Waals surface area (Å²) in [5.74, 6) is 1.86. The van der Waals surface area contributed by atoms with Crippen molar-refractivity contribution in [2.24, 2.45) is 5.73 Å². The van der Waals surface area contributed by atoms with E-state index in [1.165, 1.54) is 16.2 Å². The number of terminal acetylenes is 1. The quantitative estimate of drug-likeness (QED) is 0.628. The number of nitrogens with zero attached hydrogens (tertiary/aromatic N) is 4. The molecule has 1 saturated heterocycles. The van der Waals surface area contributed by atoms with Crippen molar-refractivity contribution in [3.63, 3.8) is 0 Å². The van der Waals surface area contributed by atoms with Crippen LogP contribution in [0.4, 0.5) is 0 Å². The van der Waals surface area contributed by atoms with Crippen LogP contribution in [-0.4, -0.2) is 56.3 Å². The Labute approximate surface area is 165 Å². The molecule has 1 fully saturated rings. The monoisotopic (exact) mass is 397 g/mol. The number of hydrogen-bond donors (Lipinski definition) is 2. The fourth-order valence-corrected chi connectivity index (χ4v) is 3.67. The van der Waals surface area contributed by atoms with E-state index in [1.54, 1.807) is 11.7 Å². The van der Waals surface area contributed by atoms with Crippen LogP contribution in [0.15, 0.2) is 24.3 Å². The number of fused-ring (bicyclic) bond motifs is 1. The molecule has 0 unspecified atom stereocenters. The Bertz CT molecular complexity index is 1080. The molecule has 144 valence electrons. The zero-order chi connectivity index (χ0) is 20.4. The summed E-state index contributed by atoms with van der Waals surface area (Å²) in [5.41, 5.74) is 7.71. The average molecular weight is 397 g/mol. The first-order valence-corrected chi connectivity index (χ1v) is 9.29. The van der Waals surface area contributed by atoms with Crippen molar-refractivity contribution >= 4 is 33.5 Å². The van der Waals surface area contributed by atoms with Gasteiger partial charge in [-0.25, -0.2) is 9.67 Å². The molecule has 8 nitrogen and oxygen atoms in total. The predicted octanol–water partition coefficient (Wildman–Crippen LogP) is 1.08. The fourth-order valence-electron chi connectivity index (χ4n) is 2.78. The van der Waals surface area contributed by atoms with Crippen LogP contribution in [0.3, 0.4) is 0 Å². The van der Waals surface area contributed by atoms with E-state index in [4.69, 9.17) is 17.3 Å². The van der Waals surface area contributed by atoms with Crippen LogP contribution in [0.2, 0.25) is 0 Å². The first kappa shape index (κ1) is 19.5. The Kier molecular flexibility index (Phi) is 5.44. The molecule has 1 aliphatic heterocycles. The molecule has 0 aliphatic carbocycles. The van der Waals surface area contributed by atoms with Gasteiger partial charge in [-0.05, 0) is 31.5 Å². The average Bonchev–Trinajstić information content (AvgIpc) is 3.31. The Morgan fingerprint density at radius 3 is 2.75 bits per heavy atom. The summed E-state index contributed by atoms with van der Waals surface area (Å²) >= 11 is 1.40. The molecule has 3 aromatic rings. The van der Waals surface area contributed by atoms with E-state index < -0.39 is 12.0 Å². The summed E-state index contributed by atoms with van der Waals surface area (Å²) in [6, 6.07) is 7.32. The molecule has 9 heteroatoms. The molecule has 1 atom stereocenters. The lowest BCUT2D eigenvalue weighted by Gasteiger charge is -2.04. The number of likely N-dealkylation sites (N-methyl/N-ethyl adjacent to an activating group) is 1. The molecular formula is C19H19N5O3S. The number of likely N-dealkylation sites (tertiary alicyclic amines) is 1. The maximum atomic E-state index is 11.5. The number of hydrogen-bond acceptors (Lipinski definition) is 6. The molecule has 28 heavy (non-hydrogen) atoms. The van der Waals surface area contributed by atoms with Crippen molar-refractivity contribution in [1.82, 2.24) is 19.7 Å². The van der Waals surface area contributed by atoms with Gasteiger partial charge in [-0.1, -0.05) is 12.0 Å². The standard InChI is InChI=1S/C14H10N4OS.C5H9NO2/c1-3-9-5-4-6-10(7-9)18-14-12(20-8(2)16-14)11(17-18)13(15)19;1-6-3-2-4(7)5(6)8/h1,4-7H,2H3,(H2,15,19);4,7H,2-3H2,1H3/t;4-/m.0/s1. The van der Waals surface area contributed by atoms with E-state index in [0.29, 0.717) is 23.3 Å². The van der Waals surface area contributed by atoms with E-state index in [9.17, 15) is 9.59 Å². The minimum absolute atomic E-state index is 0.148. The van der Waals surface area contributed by atoms with Gasteiger partial charge >= 0.3 is 0 Å². The lowest BCUT2D eigenvalue weighted by Crippen LogP contribution is -2.24. The highest BCUT2D eigenvalue weighted by Gasteiger charge is 2.26. The number of aliphatic hydroxyl groups excluding tert-OH is 1. The van der Waals surface area contributed by atoms with E-state index in [1.807, 2.05) is 31.2 Å². The van der Waals surface area contributed by atoms with E-state index in [2.05, 4.69) is 16.0 Å². The Morgan fingerprint density at radius 1 is 1.46 bits per heavy atom. The number of aromatic nitrogens is 3. The summed E-state index contributed by atoms with van der Waals surface area (Å²) in [6.45, 7) is 2.57. The first-order chi connectivity index (χ1) is 13.3. The minimum atomic E-state index is -0.722. The molecule has 3 N–H and O–H groups in total. The van der Waals surface area contributed by atoms with E-state index in [0.717, 1.165) is 16.3 Å². The first-order valence-electron chi connectivity index (χ1n) is 8.48. The van der Waals surface area contributed by atoms with Gasteiger partial charge < -0.3 is 15.7 Å². The lowest BCUT2D eigenvalue weighted by molar-refractivity contribution is -0.133. The van der Waals surface area contributed by atoms with Crippen molar-refractivity contribution in [2.75, 3.05) is 13.6 Å². The van der Waals surface area contributed by atoms with Gasteiger partial charge in [-0.15, -0.1) is 17.8 Å². The molecule has 0 saturated carbocycles. The van der Waals surface area contributed by atoms with E-state index >= 15 is 0 Å². The third kappa shape index (κ3) is 3.74. The van der Waals surface area contributed by atoms with Crippen molar-refractivity contribution in [3.05, 3.63) is 40.5 Å². The fraction of sp³-hybridized carbons (Fsp3) is 0.263. The van der Waals surface area contributed by atoms with Crippen LogP contribution in [0.5, 0.6) is 0 Å². The summed E-state index contributed by atoms with van der Waals surface area (Å²) < 4.78 is 2.29. The van der Waals surface area contributed by atoms with Gasteiger partial charge in [0.15, 0.2) is 11.3 Å². The third-order valence-corrected chi connectivity index (χ3v) is 5.19. The highest BCUT2D eigenvalue weighted by Crippen LogP contribution is 2.27. The second-order valence-corrected chi connectivity index (χ2v) is 7.47. The minimum Gasteiger partial charge on any atom is -0.383 e. The van der Waals surface area contributed by atoms with Gasteiger partial charge in [0.2, 0.25) is 0 Å². The van der Waals surface area contributed by atoms with Crippen molar-refractivity contribution in [1.29, 1.82) is 0 Å². The highest BCUT2D eigenvalue weighted by atomic mass is 32.1. The highest BCUT2D eigenvalue weighted by molar-refractivity contribution is 7.18. The normalized spacial score (nSPS) is 16.0. The number of benzene rings is 1. The molecule has 4 rings (SSSR count). The van der Waals surface area contributed by atoms with Crippen molar-refractivity contribution in [3.8, 4) is 18.0 Å². The van der Waals surface area contributed by atoms with Crippen LogP contribution in [-0.2, 0) is 4.79 Å². The van der Waals surface area contributed by atoms with Crippen LogP contribution < -0.4 is 5.73 Å². The Hall–Kier alpha value is -3.22. The number of thiazole rings is 1. The number of nitrogens with two attached hydrogens (primary N) is 1. The molecule has 0 bridgehead atoms. The van der Waals surface area contributed by atoms with Crippen LogP contribution >= 0.6 is 11.3 Å². The number of carbonyl (C=O) groups is 2. The predicted molar refractivity (Wildman–Crippen MR) is 106 cm³/mol. The number of aliphatic hydroxyl groups is 1. The molecule has 2 aromatic heterocycles. The number of amides is 2. The number of primary amides is 1. The lowest BCUT2D eigenvalue weighted by atomic mass is 10.2. The van der Waals surface area contributed by atoms with Gasteiger partial charge in [0.25, 0.3) is 11.8 Å². The number of carbonyl (C=O) groups excluding carboxylic acids is 2. The maximum absolute atomic E-state index is 11.5. The Balaban J connectivity index is 0.000000236. The summed E-state index contributed by atoms with van der Waals surface area (Å²) in [6.07, 6.45) is 5.27. The number of aryl methyl sites for hydroxylation is 1. The summed E-state index contributed by atoms with van der Waals surface area (Å²) in [4.78, 5) is 28.0. The molecular weight excluding hydrogens is 378 g/mol. The largest absolute Gasteiger partial charge is 0.383 e.